The van der Waals surface area contributed by atoms with Gasteiger partial charge in [0.2, 0.25) is 21.8 Å². The Bertz CT molecular complexity index is 887. The van der Waals surface area contributed by atoms with Gasteiger partial charge >= 0.3 is 0 Å². The molecule has 0 spiro atoms. The molecule has 32 heavy (non-hydrogen) atoms. The second-order valence-corrected chi connectivity index (χ2v) is 11.1. The Morgan fingerprint density at radius 2 is 1.62 bits per heavy atom. The smallest absolute Gasteiger partial charge is 0.243 e. The molecule has 1 aromatic rings. The summed E-state index contributed by atoms with van der Waals surface area (Å²) in [5, 5.41) is 2.84. The minimum atomic E-state index is -3.55. The molecule has 9 heteroatoms. The zero-order chi connectivity index (χ0) is 23.3. The minimum Gasteiger partial charge on any atom is -0.340 e. The van der Waals surface area contributed by atoms with E-state index in [1.807, 2.05) is 18.7 Å². The Morgan fingerprint density at radius 3 is 2.19 bits per heavy atom. The zero-order valence-electron chi connectivity index (χ0n) is 19.4. The van der Waals surface area contributed by atoms with E-state index >= 15 is 0 Å². The molecule has 1 heterocycles. The molecule has 1 saturated heterocycles. The SMILES string of the molecule is CC(C)N(C)S(=O)(=O)c1ccc(NC(=O)CN2CCN(C(=O)C3CCCCC3)CC2)cc1. The van der Waals surface area contributed by atoms with E-state index in [0.717, 1.165) is 25.7 Å². The van der Waals surface area contributed by atoms with Gasteiger partial charge < -0.3 is 10.2 Å². The largest absolute Gasteiger partial charge is 0.340 e. The van der Waals surface area contributed by atoms with Crippen LogP contribution in [0.5, 0.6) is 0 Å². The number of carbonyl (C=O) groups excluding carboxylic acids is 2. The lowest BCUT2D eigenvalue weighted by molar-refractivity contribution is -0.138. The number of piperazine rings is 1. The van der Waals surface area contributed by atoms with E-state index in [2.05, 4.69) is 10.2 Å². The number of hydrogen-bond donors (Lipinski definition) is 1. The highest BCUT2D eigenvalue weighted by Crippen LogP contribution is 2.26. The van der Waals surface area contributed by atoms with E-state index in [-0.39, 0.29) is 35.2 Å². The van der Waals surface area contributed by atoms with Crippen molar-refractivity contribution in [2.75, 3.05) is 45.1 Å². The molecule has 0 bridgehead atoms. The van der Waals surface area contributed by atoms with E-state index in [9.17, 15) is 18.0 Å². The van der Waals surface area contributed by atoms with Crippen LogP contribution in [0.1, 0.15) is 46.0 Å². The number of carbonyl (C=O) groups is 2. The number of nitrogens with one attached hydrogen (secondary N) is 1. The summed E-state index contributed by atoms with van der Waals surface area (Å²) in [6.45, 7) is 6.59. The molecule has 0 atom stereocenters. The van der Waals surface area contributed by atoms with Crippen molar-refractivity contribution < 1.29 is 18.0 Å². The summed E-state index contributed by atoms with van der Waals surface area (Å²) in [4.78, 5) is 29.4. The van der Waals surface area contributed by atoms with Crippen molar-refractivity contribution in [3.63, 3.8) is 0 Å². The van der Waals surface area contributed by atoms with Gasteiger partial charge in [0.25, 0.3) is 0 Å². The molecule has 2 fully saturated rings. The van der Waals surface area contributed by atoms with Crippen LogP contribution in [0.4, 0.5) is 5.69 Å². The van der Waals surface area contributed by atoms with Crippen molar-refractivity contribution in [3.8, 4) is 0 Å². The zero-order valence-corrected chi connectivity index (χ0v) is 20.2. The lowest BCUT2D eigenvalue weighted by Crippen LogP contribution is -2.52. The molecule has 2 aliphatic rings. The van der Waals surface area contributed by atoms with Gasteiger partial charge in [0.05, 0.1) is 11.4 Å². The molecule has 0 aromatic heterocycles. The van der Waals surface area contributed by atoms with Crippen molar-refractivity contribution in [2.45, 2.75) is 56.9 Å². The van der Waals surface area contributed by atoms with E-state index in [0.29, 0.717) is 31.9 Å². The number of nitrogens with zero attached hydrogens (tertiary/aromatic N) is 3. The van der Waals surface area contributed by atoms with Gasteiger partial charge in [-0.2, -0.15) is 4.31 Å². The third-order valence-electron chi connectivity index (χ3n) is 6.55. The van der Waals surface area contributed by atoms with Crippen molar-refractivity contribution in [3.05, 3.63) is 24.3 Å². The van der Waals surface area contributed by atoms with E-state index in [1.54, 1.807) is 19.2 Å². The fourth-order valence-electron chi connectivity index (χ4n) is 4.29. The molecule has 2 amide bonds. The van der Waals surface area contributed by atoms with Crippen LogP contribution >= 0.6 is 0 Å². The Morgan fingerprint density at radius 1 is 1.03 bits per heavy atom. The molecule has 1 N–H and O–H groups in total. The predicted octanol–water partition coefficient (Wildman–Crippen LogP) is 2.38. The fraction of sp³-hybridized carbons (Fsp3) is 0.652. The summed E-state index contributed by atoms with van der Waals surface area (Å²) in [7, 11) is -1.99. The molecule has 1 aliphatic heterocycles. The van der Waals surface area contributed by atoms with Crippen molar-refractivity contribution >= 4 is 27.5 Å². The van der Waals surface area contributed by atoms with Crippen LogP contribution in [0.3, 0.4) is 0 Å². The first-order valence-corrected chi connectivity index (χ1v) is 13.0. The standard InChI is InChI=1S/C23H36N4O4S/c1-18(2)25(3)32(30,31)21-11-9-20(10-12-21)24-22(28)17-26-13-15-27(16-14-26)23(29)19-7-5-4-6-8-19/h9-12,18-19H,4-8,13-17H2,1-3H3,(H,24,28). The summed E-state index contributed by atoms with van der Waals surface area (Å²) in [5.74, 6) is 0.324. The Balaban J connectivity index is 1.46. The molecule has 1 saturated carbocycles. The maximum Gasteiger partial charge on any atom is 0.243 e. The molecule has 0 unspecified atom stereocenters. The van der Waals surface area contributed by atoms with Gasteiger partial charge in [0.15, 0.2) is 0 Å². The molecule has 0 radical (unpaired) electrons. The first kappa shape index (κ1) is 24.7. The van der Waals surface area contributed by atoms with Crippen LogP contribution in [0.2, 0.25) is 0 Å². The monoisotopic (exact) mass is 464 g/mol. The molecule has 8 nitrogen and oxygen atoms in total. The summed E-state index contributed by atoms with van der Waals surface area (Å²) in [6, 6.07) is 6.11. The first-order chi connectivity index (χ1) is 15.2. The topological polar surface area (TPSA) is 90.0 Å². The van der Waals surface area contributed by atoms with Crippen LogP contribution in [0.15, 0.2) is 29.2 Å². The van der Waals surface area contributed by atoms with Gasteiger partial charge in [0.1, 0.15) is 0 Å². The second kappa shape index (κ2) is 10.8. The van der Waals surface area contributed by atoms with Crippen LogP contribution in [0.25, 0.3) is 0 Å². The Hall–Kier alpha value is -1.97. The van der Waals surface area contributed by atoms with Gasteiger partial charge in [-0.05, 0) is 51.0 Å². The average molecular weight is 465 g/mol. The van der Waals surface area contributed by atoms with Gasteiger partial charge in [-0.3, -0.25) is 14.5 Å². The van der Waals surface area contributed by atoms with Crippen molar-refractivity contribution in [2.24, 2.45) is 5.92 Å². The fourth-order valence-corrected chi connectivity index (χ4v) is 5.66. The minimum absolute atomic E-state index is 0.141. The van der Waals surface area contributed by atoms with E-state index in [4.69, 9.17) is 0 Å². The van der Waals surface area contributed by atoms with Crippen molar-refractivity contribution in [1.29, 1.82) is 0 Å². The highest BCUT2D eigenvalue weighted by atomic mass is 32.2. The predicted molar refractivity (Wildman–Crippen MR) is 125 cm³/mol. The Labute approximate surface area is 192 Å². The molecule has 178 valence electrons. The number of amides is 2. The molecule has 3 rings (SSSR count). The average Bonchev–Trinajstić information content (AvgIpc) is 2.79. The maximum atomic E-state index is 12.7. The quantitative estimate of drug-likeness (QED) is 0.669. The second-order valence-electron chi connectivity index (χ2n) is 9.12. The maximum absolute atomic E-state index is 12.7. The van der Waals surface area contributed by atoms with Gasteiger partial charge in [-0.15, -0.1) is 0 Å². The number of hydrogen-bond acceptors (Lipinski definition) is 5. The van der Waals surface area contributed by atoms with Crippen LogP contribution in [0, 0.1) is 5.92 Å². The highest BCUT2D eigenvalue weighted by molar-refractivity contribution is 7.89. The summed E-state index contributed by atoms with van der Waals surface area (Å²) in [6.07, 6.45) is 5.56. The number of sulfonamides is 1. The number of anilines is 1. The van der Waals surface area contributed by atoms with Gasteiger partial charge in [-0.1, -0.05) is 19.3 Å². The van der Waals surface area contributed by atoms with Crippen LogP contribution in [-0.2, 0) is 19.6 Å². The number of rotatable bonds is 7. The Kier molecular flexibility index (Phi) is 8.30. The molecule has 1 aliphatic carbocycles. The molecule has 1 aromatic carbocycles. The van der Waals surface area contributed by atoms with Gasteiger partial charge in [0, 0.05) is 50.9 Å². The summed E-state index contributed by atoms with van der Waals surface area (Å²) < 4.78 is 26.4. The lowest BCUT2D eigenvalue weighted by atomic mass is 9.88. The lowest BCUT2D eigenvalue weighted by Gasteiger charge is -2.36. The van der Waals surface area contributed by atoms with Crippen LogP contribution in [-0.4, -0.2) is 80.2 Å². The molecular weight excluding hydrogens is 428 g/mol. The first-order valence-electron chi connectivity index (χ1n) is 11.6. The summed E-state index contributed by atoms with van der Waals surface area (Å²) in [5.41, 5.74) is 0.562. The van der Waals surface area contributed by atoms with Crippen molar-refractivity contribution in [1.82, 2.24) is 14.1 Å². The van der Waals surface area contributed by atoms with Gasteiger partial charge in [-0.25, -0.2) is 8.42 Å². The summed E-state index contributed by atoms with van der Waals surface area (Å²) >= 11 is 0. The van der Waals surface area contributed by atoms with Crippen LogP contribution < -0.4 is 5.32 Å². The molecular formula is C23H36N4O4S. The number of benzene rings is 1. The third kappa shape index (κ3) is 6.08. The normalized spacial score (nSPS) is 18.8. The van der Waals surface area contributed by atoms with E-state index < -0.39 is 10.0 Å². The third-order valence-corrected chi connectivity index (χ3v) is 8.60. The highest BCUT2D eigenvalue weighted by Gasteiger charge is 2.29. The van der Waals surface area contributed by atoms with E-state index in [1.165, 1.54) is 22.9 Å².